The van der Waals surface area contributed by atoms with E-state index in [1.54, 1.807) is 0 Å². The average Bonchev–Trinajstić information content (AvgIpc) is 1.99. The van der Waals surface area contributed by atoms with Crippen LogP contribution >= 0.6 is 0 Å². The van der Waals surface area contributed by atoms with Crippen LogP contribution in [-0.2, 0) is 28.6 Å². The highest BCUT2D eigenvalue weighted by Gasteiger charge is 2.25. The Hall–Kier alpha value is -1.37. The van der Waals surface area contributed by atoms with Gasteiger partial charge in [0, 0.05) is 20.8 Å². The number of ether oxygens (including phenoxy) is 3. The van der Waals surface area contributed by atoms with Crippen molar-refractivity contribution in [1.82, 2.24) is 0 Å². The largest absolute Gasteiger partial charge is 0.460 e. The number of carbonyl (C=O) groups excluding carboxylic acids is 3. The molecule has 7 heteroatoms. The van der Waals surface area contributed by atoms with E-state index in [1.807, 2.05) is 0 Å². The average molecular weight is 234 g/mol. The number of hydrogen-bond acceptors (Lipinski definition) is 6. The van der Waals surface area contributed by atoms with Crippen molar-refractivity contribution in [2.75, 3.05) is 0 Å². The summed E-state index contributed by atoms with van der Waals surface area (Å²) in [6, 6.07) is 0. The first-order chi connectivity index (χ1) is 6.82. The molecule has 0 aromatic carbocycles. The van der Waals surface area contributed by atoms with Gasteiger partial charge in [-0.05, 0) is 0 Å². The van der Waals surface area contributed by atoms with Gasteiger partial charge in [-0.15, -0.1) is 0 Å². The molecule has 0 saturated carbocycles. The summed E-state index contributed by atoms with van der Waals surface area (Å²) in [5, 5.41) is 0. The summed E-state index contributed by atoms with van der Waals surface area (Å²) in [7, 11) is 0.384. The standard InChI is InChI=1S/C8H14O6Si/c1-4(9)12-7(13-5(2)10)8(15)14-6(3)11/h7-8H,1-3,15H3. The van der Waals surface area contributed by atoms with Crippen LogP contribution in [0.2, 0.25) is 0 Å². The van der Waals surface area contributed by atoms with Gasteiger partial charge in [-0.1, -0.05) is 0 Å². The minimum Gasteiger partial charge on any atom is -0.460 e. The Morgan fingerprint density at radius 3 is 1.47 bits per heavy atom. The van der Waals surface area contributed by atoms with E-state index in [9.17, 15) is 14.4 Å². The van der Waals surface area contributed by atoms with Gasteiger partial charge in [0.15, 0.2) is 5.73 Å². The molecule has 1 unspecified atom stereocenters. The van der Waals surface area contributed by atoms with Crippen LogP contribution < -0.4 is 0 Å². The van der Waals surface area contributed by atoms with Crippen LogP contribution in [0.1, 0.15) is 20.8 Å². The maximum absolute atomic E-state index is 10.7. The molecule has 1 atom stereocenters. The van der Waals surface area contributed by atoms with E-state index in [0.29, 0.717) is 10.2 Å². The van der Waals surface area contributed by atoms with Gasteiger partial charge in [0.2, 0.25) is 0 Å². The molecule has 0 spiro atoms. The van der Waals surface area contributed by atoms with Crippen LogP contribution in [0.3, 0.4) is 0 Å². The summed E-state index contributed by atoms with van der Waals surface area (Å²) >= 11 is 0. The summed E-state index contributed by atoms with van der Waals surface area (Å²) in [6.07, 6.45) is -1.14. The van der Waals surface area contributed by atoms with Crippen LogP contribution in [0.4, 0.5) is 0 Å². The van der Waals surface area contributed by atoms with Crippen molar-refractivity contribution in [3.05, 3.63) is 0 Å². The maximum atomic E-state index is 10.7. The van der Waals surface area contributed by atoms with Gasteiger partial charge in [-0.2, -0.15) is 0 Å². The smallest absolute Gasteiger partial charge is 0.305 e. The third-order valence-corrected chi connectivity index (χ3v) is 2.08. The van der Waals surface area contributed by atoms with Crippen molar-refractivity contribution < 1.29 is 28.6 Å². The molecule has 0 aliphatic rings. The van der Waals surface area contributed by atoms with Crippen LogP contribution in [0.25, 0.3) is 0 Å². The number of carbonyl (C=O) groups is 3. The van der Waals surface area contributed by atoms with Gasteiger partial charge in [-0.25, -0.2) is 0 Å². The molecule has 0 rings (SSSR count). The first kappa shape index (κ1) is 13.6. The second kappa shape index (κ2) is 6.17. The lowest BCUT2D eigenvalue weighted by molar-refractivity contribution is -0.201. The molecule has 0 bridgehead atoms. The van der Waals surface area contributed by atoms with Crippen molar-refractivity contribution in [2.45, 2.75) is 32.8 Å². The Labute approximate surface area is 90.3 Å². The Morgan fingerprint density at radius 1 is 0.867 bits per heavy atom. The van der Waals surface area contributed by atoms with Crippen molar-refractivity contribution in [2.24, 2.45) is 0 Å². The molecule has 0 amide bonds. The maximum Gasteiger partial charge on any atom is 0.305 e. The number of esters is 3. The SMILES string of the molecule is CC(=O)OC([SiH3])C(OC(C)=O)OC(C)=O. The van der Waals surface area contributed by atoms with E-state index >= 15 is 0 Å². The minimum absolute atomic E-state index is 0.384. The highest BCUT2D eigenvalue weighted by atomic mass is 28.1. The molecule has 6 nitrogen and oxygen atoms in total. The van der Waals surface area contributed by atoms with E-state index < -0.39 is 29.9 Å². The molecular formula is C8H14O6Si. The van der Waals surface area contributed by atoms with Crippen LogP contribution in [0.15, 0.2) is 0 Å². The lowest BCUT2D eigenvalue weighted by Crippen LogP contribution is -2.38. The summed E-state index contributed by atoms with van der Waals surface area (Å²) < 4.78 is 14.2. The van der Waals surface area contributed by atoms with E-state index in [2.05, 4.69) is 0 Å². The molecular weight excluding hydrogens is 220 g/mol. The zero-order valence-electron chi connectivity index (χ0n) is 9.10. The zero-order valence-corrected chi connectivity index (χ0v) is 11.1. The van der Waals surface area contributed by atoms with Gasteiger partial charge in [-0.3, -0.25) is 14.4 Å². The van der Waals surface area contributed by atoms with Gasteiger partial charge >= 0.3 is 17.9 Å². The van der Waals surface area contributed by atoms with E-state index in [1.165, 1.54) is 20.8 Å². The second-order valence-corrected chi connectivity index (χ2v) is 4.04. The Kier molecular flexibility index (Phi) is 5.61. The summed E-state index contributed by atoms with van der Waals surface area (Å²) in [5.41, 5.74) is -0.699. The fourth-order valence-corrected chi connectivity index (χ4v) is 1.46. The predicted molar refractivity (Wildman–Crippen MR) is 52.8 cm³/mol. The third-order valence-electron chi connectivity index (χ3n) is 1.30. The van der Waals surface area contributed by atoms with Crippen molar-refractivity contribution in [1.29, 1.82) is 0 Å². The fraction of sp³-hybridized carbons (Fsp3) is 0.625. The highest BCUT2D eigenvalue weighted by Crippen LogP contribution is 2.04. The Bertz CT molecular complexity index is 248. The molecule has 0 fully saturated rings. The molecule has 0 heterocycles. The number of rotatable bonds is 4. The first-order valence-electron chi connectivity index (χ1n) is 4.34. The molecule has 0 N–H and O–H groups in total. The normalized spacial score (nSPS) is 12.0. The van der Waals surface area contributed by atoms with Gasteiger partial charge in [0.25, 0.3) is 6.29 Å². The zero-order chi connectivity index (χ0) is 12.0. The molecule has 0 aliphatic heterocycles. The van der Waals surface area contributed by atoms with Crippen LogP contribution in [0.5, 0.6) is 0 Å². The molecule has 15 heavy (non-hydrogen) atoms. The summed E-state index contributed by atoms with van der Waals surface area (Å²) in [5.74, 6) is -1.72. The van der Waals surface area contributed by atoms with E-state index in [-0.39, 0.29) is 0 Å². The van der Waals surface area contributed by atoms with Crippen LogP contribution in [-0.4, -0.2) is 40.2 Å². The molecule has 86 valence electrons. The Morgan fingerprint density at radius 2 is 1.20 bits per heavy atom. The van der Waals surface area contributed by atoms with Gasteiger partial charge in [0.05, 0.1) is 10.2 Å². The monoisotopic (exact) mass is 234 g/mol. The van der Waals surface area contributed by atoms with E-state index in [4.69, 9.17) is 14.2 Å². The Balaban J connectivity index is 4.38. The third kappa shape index (κ3) is 6.67. The van der Waals surface area contributed by atoms with Crippen molar-refractivity contribution in [3.8, 4) is 0 Å². The van der Waals surface area contributed by atoms with Gasteiger partial charge < -0.3 is 14.2 Å². The lowest BCUT2D eigenvalue weighted by Gasteiger charge is -2.22. The van der Waals surface area contributed by atoms with Crippen LogP contribution in [0, 0.1) is 0 Å². The first-order valence-corrected chi connectivity index (χ1v) is 5.50. The minimum atomic E-state index is -1.14. The summed E-state index contributed by atoms with van der Waals surface area (Å²) in [4.78, 5) is 32.0. The fourth-order valence-electron chi connectivity index (χ4n) is 0.860. The topological polar surface area (TPSA) is 78.9 Å². The van der Waals surface area contributed by atoms with Gasteiger partial charge in [0.1, 0.15) is 0 Å². The molecule has 0 aliphatic carbocycles. The highest BCUT2D eigenvalue weighted by molar-refractivity contribution is 6.12. The molecule has 0 aromatic heterocycles. The quantitative estimate of drug-likeness (QED) is 0.341. The molecule has 0 saturated heterocycles. The molecule has 0 aromatic rings. The molecule has 0 radical (unpaired) electrons. The summed E-state index contributed by atoms with van der Waals surface area (Å²) in [6.45, 7) is 3.58. The van der Waals surface area contributed by atoms with Crippen molar-refractivity contribution in [3.63, 3.8) is 0 Å². The van der Waals surface area contributed by atoms with Crippen molar-refractivity contribution >= 4 is 28.2 Å². The lowest BCUT2D eigenvalue weighted by atomic mass is 10.6. The predicted octanol–water partition coefficient (Wildman–Crippen LogP) is -1.31. The van der Waals surface area contributed by atoms with E-state index in [0.717, 1.165) is 0 Å². The second-order valence-electron chi connectivity index (χ2n) is 2.90. The number of hydrogen-bond donors (Lipinski definition) is 0.